The van der Waals surface area contributed by atoms with Crippen LogP contribution in [0.25, 0.3) is 10.9 Å². The van der Waals surface area contributed by atoms with Crippen molar-refractivity contribution >= 4 is 38.5 Å². The second kappa shape index (κ2) is 4.62. The number of nitrogens with one attached hydrogen (secondary N) is 1. The van der Waals surface area contributed by atoms with E-state index in [4.69, 9.17) is 0 Å². The molecule has 5 nitrogen and oxygen atoms in total. The Bertz CT molecular complexity index is 730. The SMILES string of the molecule is Cc1cc(Nc2ncnc3ccc(Br)cc23)nn1C. The first kappa shape index (κ1) is 12.1. The molecule has 2 heterocycles. The summed E-state index contributed by atoms with van der Waals surface area (Å²) in [7, 11) is 1.91. The van der Waals surface area contributed by atoms with Crippen LogP contribution in [-0.2, 0) is 7.05 Å². The predicted molar refractivity (Wildman–Crippen MR) is 78.5 cm³/mol. The number of anilines is 2. The second-order valence-electron chi connectivity index (χ2n) is 4.30. The Morgan fingerprint density at radius 3 is 2.79 bits per heavy atom. The largest absolute Gasteiger partial charge is 0.323 e. The van der Waals surface area contributed by atoms with E-state index in [1.165, 1.54) is 0 Å². The second-order valence-corrected chi connectivity index (χ2v) is 5.22. The van der Waals surface area contributed by atoms with Gasteiger partial charge in [0.05, 0.1) is 5.52 Å². The molecular formula is C13H12BrN5. The van der Waals surface area contributed by atoms with Crippen LogP contribution in [0.15, 0.2) is 35.1 Å². The lowest BCUT2D eigenvalue weighted by Gasteiger charge is -2.05. The molecule has 3 rings (SSSR count). The van der Waals surface area contributed by atoms with E-state index in [2.05, 4.69) is 36.3 Å². The molecule has 1 aromatic carbocycles. The highest BCUT2D eigenvalue weighted by Crippen LogP contribution is 2.25. The van der Waals surface area contributed by atoms with Gasteiger partial charge in [-0.05, 0) is 25.1 Å². The first-order valence-corrected chi connectivity index (χ1v) is 6.61. The zero-order valence-electron chi connectivity index (χ0n) is 10.6. The van der Waals surface area contributed by atoms with E-state index in [0.717, 1.165) is 32.7 Å². The van der Waals surface area contributed by atoms with Crippen LogP contribution in [0.2, 0.25) is 0 Å². The molecule has 0 bridgehead atoms. The van der Waals surface area contributed by atoms with Gasteiger partial charge in [-0.3, -0.25) is 4.68 Å². The van der Waals surface area contributed by atoms with Crippen LogP contribution in [0, 0.1) is 6.92 Å². The van der Waals surface area contributed by atoms with E-state index in [9.17, 15) is 0 Å². The molecule has 96 valence electrons. The van der Waals surface area contributed by atoms with E-state index < -0.39 is 0 Å². The first-order chi connectivity index (χ1) is 9.13. The molecule has 0 fully saturated rings. The Labute approximate surface area is 118 Å². The number of benzene rings is 1. The number of nitrogens with zero attached hydrogens (tertiary/aromatic N) is 4. The number of aromatic nitrogens is 4. The van der Waals surface area contributed by atoms with Gasteiger partial charge in [0.25, 0.3) is 0 Å². The lowest BCUT2D eigenvalue weighted by atomic mass is 10.2. The van der Waals surface area contributed by atoms with Crippen LogP contribution < -0.4 is 5.32 Å². The number of aryl methyl sites for hydroxylation is 2. The Morgan fingerprint density at radius 2 is 2.05 bits per heavy atom. The Morgan fingerprint density at radius 1 is 1.21 bits per heavy atom. The number of fused-ring (bicyclic) bond motifs is 1. The topological polar surface area (TPSA) is 55.6 Å². The summed E-state index contributed by atoms with van der Waals surface area (Å²) in [6.45, 7) is 2.01. The lowest BCUT2D eigenvalue weighted by Crippen LogP contribution is -1.98. The Balaban J connectivity index is 2.07. The van der Waals surface area contributed by atoms with Gasteiger partial charge < -0.3 is 5.32 Å². The average Bonchev–Trinajstić information content (AvgIpc) is 2.69. The van der Waals surface area contributed by atoms with Gasteiger partial charge in [0.15, 0.2) is 5.82 Å². The summed E-state index contributed by atoms with van der Waals surface area (Å²) < 4.78 is 2.82. The normalized spacial score (nSPS) is 10.9. The molecule has 3 aromatic rings. The highest BCUT2D eigenvalue weighted by atomic mass is 79.9. The van der Waals surface area contributed by atoms with Gasteiger partial charge in [-0.25, -0.2) is 9.97 Å². The minimum Gasteiger partial charge on any atom is -0.323 e. The molecule has 2 aromatic heterocycles. The predicted octanol–water partition coefficient (Wildman–Crippen LogP) is 3.18. The summed E-state index contributed by atoms with van der Waals surface area (Å²) in [4.78, 5) is 8.54. The quantitative estimate of drug-likeness (QED) is 0.788. The molecule has 0 aliphatic rings. The molecule has 0 atom stereocenters. The third-order valence-corrected chi connectivity index (χ3v) is 3.45. The maximum absolute atomic E-state index is 4.37. The molecule has 0 amide bonds. The maximum atomic E-state index is 4.37. The van der Waals surface area contributed by atoms with Crippen molar-refractivity contribution in [2.75, 3.05) is 5.32 Å². The third-order valence-electron chi connectivity index (χ3n) is 2.96. The highest BCUT2D eigenvalue weighted by molar-refractivity contribution is 9.10. The van der Waals surface area contributed by atoms with Gasteiger partial charge in [0.2, 0.25) is 0 Å². The van der Waals surface area contributed by atoms with Crippen molar-refractivity contribution in [3.8, 4) is 0 Å². The average molecular weight is 318 g/mol. The fourth-order valence-corrected chi connectivity index (χ4v) is 2.23. The fourth-order valence-electron chi connectivity index (χ4n) is 1.87. The Kier molecular flexibility index (Phi) is 2.94. The Hall–Kier alpha value is -1.95. The summed E-state index contributed by atoms with van der Waals surface area (Å²) in [5, 5.41) is 8.56. The van der Waals surface area contributed by atoms with Gasteiger partial charge in [-0.15, -0.1) is 0 Å². The van der Waals surface area contributed by atoms with Gasteiger partial charge in [-0.2, -0.15) is 5.10 Å². The number of hydrogen-bond donors (Lipinski definition) is 1. The number of halogens is 1. The van der Waals surface area contributed by atoms with Gasteiger partial charge in [-0.1, -0.05) is 15.9 Å². The summed E-state index contributed by atoms with van der Waals surface area (Å²) in [5.74, 6) is 1.53. The number of hydrogen-bond acceptors (Lipinski definition) is 4. The van der Waals surface area contributed by atoms with Crippen LogP contribution in [-0.4, -0.2) is 19.7 Å². The molecule has 0 aliphatic carbocycles. The summed E-state index contributed by atoms with van der Waals surface area (Å²) in [6, 6.07) is 7.89. The van der Waals surface area contributed by atoms with Crippen molar-refractivity contribution in [3.63, 3.8) is 0 Å². The van der Waals surface area contributed by atoms with Crippen molar-refractivity contribution in [2.45, 2.75) is 6.92 Å². The molecule has 0 aliphatic heterocycles. The van der Waals surface area contributed by atoms with E-state index in [-0.39, 0.29) is 0 Å². The molecule has 0 unspecified atom stereocenters. The minimum atomic E-state index is 0.754. The van der Waals surface area contributed by atoms with Gasteiger partial charge >= 0.3 is 0 Å². The van der Waals surface area contributed by atoms with E-state index in [0.29, 0.717) is 0 Å². The molecule has 0 radical (unpaired) electrons. The zero-order valence-corrected chi connectivity index (χ0v) is 12.1. The smallest absolute Gasteiger partial charge is 0.153 e. The maximum Gasteiger partial charge on any atom is 0.153 e. The van der Waals surface area contributed by atoms with E-state index in [1.54, 1.807) is 6.33 Å². The summed E-state index contributed by atoms with van der Waals surface area (Å²) in [6.07, 6.45) is 1.55. The van der Waals surface area contributed by atoms with Crippen molar-refractivity contribution in [1.82, 2.24) is 19.7 Å². The monoisotopic (exact) mass is 317 g/mol. The number of rotatable bonds is 2. The highest BCUT2D eigenvalue weighted by Gasteiger charge is 2.07. The van der Waals surface area contributed by atoms with Gasteiger partial charge in [0, 0.05) is 28.7 Å². The fraction of sp³-hybridized carbons (Fsp3) is 0.154. The van der Waals surface area contributed by atoms with Crippen LogP contribution in [0.4, 0.5) is 11.6 Å². The van der Waals surface area contributed by atoms with Crippen LogP contribution >= 0.6 is 15.9 Å². The van der Waals surface area contributed by atoms with Crippen LogP contribution in [0.3, 0.4) is 0 Å². The van der Waals surface area contributed by atoms with E-state index >= 15 is 0 Å². The minimum absolute atomic E-state index is 0.754. The van der Waals surface area contributed by atoms with Crippen LogP contribution in [0.1, 0.15) is 5.69 Å². The molecular weight excluding hydrogens is 306 g/mol. The molecule has 0 spiro atoms. The van der Waals surface area contributed by atoms with Crippen molar-refractivity contribution in [1.29, 1.82) is 0 Å². The zero-order chi connectivity index (χ0) is 13.4. The van der Waals surface area contributed by atoms with Crippen LogP contribution in [0.5, 0.6) is 0 Å². The van der Waals surface area contributed by atoms with Crippen molar-refractivity contribution in [2.24, 2.45) is 7.05 Å². The first-order valence-electron chi connectivity index (χ1n) is 5.81. The third kappa shape index (κ3) is 2.31. The molecule has 0 saturated carbocycles. The molecule has 19 heavy (non-hydrogen) atoms. The summed E-state index contributed by atoms with van der Waals surface area (Å²) >= 11 is 3.46. The van der Waals surface area contributed by atoms with Crippen molar-refractivity contribution in [3.05, 3.63) is 40.8 Å². The standard InChI is InChI=1S/C13H12BrN5/c1-8-5-12(18-19(8)2)17-13-10-6-9(14)3-4-11(10)15-7-16-13/h3-7H,1-2H3,(H,15,16,17,18). The molecule has 1 N–H and O–H groups in total. The van der Waals surface area contributed by atoms with E-state index in [1.807, 2.05) is 42.9 Å². The molecule has 6 heteroatoms. The molecule has 0 saturated heterocycles. The van der Waals surface area contributed by atoms with Gasteiger partial charge in [0.1, 0.15) is 12.1 Å². The van der Waals surface area contributed by atoms with Crippen molar-refractivity contribution < 1.29 is 0 Å². The summed E-state index contributed by atoms with van der Waals surface area (Å²) in [5.41, 5.74) is 1.98. The lowest BCUT2D eigenvalue weighted by molar-refractivity contribution is 0.743.